The minimum atomic E-state index is -4.52. The van der Waals surface area contributed by atoms with Crippen molar-refractivity contribution in [2.75, 3.05) is 0 Å². The number of benzene rings is 6. The molecule has 256 valence electrons. The van der Waals surface area contributed by atoms with Crippen LogP contribution in [0.2, 0.25) is 0 Å². The lowest BCUT2D eigenvalue weighted by Gasteiger charge is -2.08. The third-order valence-corrected chi connectivity index (χ3v) is 9.04. The summed E-state index contributed by atoms with van der Waals surface area (Å²) in [6.45, 7) is 3.65. The van der Waals surface area contributed by atoms with Crippen molar-refractivity contribution in [3.8, 4) is 23.0 Å². The summed E-state index contributed by atoms with van der Waals surface area (Å²) >= 11 is 0. The van der Waals surface area contributed by atoms with Crippen molar-refractivity contribution in [3.63, 3.8) is 0 Å². The summed E-state index contributed by atoms with van der Waals surface area (Å²) in [4.78, 5) is -0.837. The molecule has 0 unspecified atom stereocenters. The average Bonchev–Trinajstić information content (AvgIpc) is 3.05. The van der Waals surface area contributed by atoms with Crippen LogP contribution in [0.3, 0.4) is 0 Å². The van der Waals surface area contributed by atoms with E-state index in [4.69, 9.17) is 0 Å². The zero-order valence-electron chi connectivity index (χ0n) is 26.2. The average molecular weight is 717 g/mol. The van der Waals surface area contributed by atoms with Crippen LogP contribution in [0.4, 0.5) is 22.7 Å². The van der Waals surface area contributed by atoms with Crippen LogP contribution in [-0.2, 0) is 20.2 Å². The number of phenolic OH excluding ortho intramolecular Hbond substituents is 4. The Morgan fingerprint density at radius 1 is 0.440 bits per heavy atom. The van der Waals surface area contributed by atoms with Gasteiger partial charge in [-0.1, -0.05) is 60.7 Å². The molecule has 0 aliphatic heterocycles. The number of nitrogens with zero attached hydrogens (tertiary/aromatic N) is 4. The van der Waals surface area contributed by atoms with Crippen molar-refractivity contribution in [1.82, 2.24) is 0 Å². The van der Waals surface area contributed by atoms with Gasteiger partial charge in [0, 0.05) is 33.7 Å². The molecule has 6 aromatic rings. The van der Waals surface area contributed by atoms with Crippen molar-refractivity contribution in [2.24, 2.45) is 20.5 Å². The Morgan fingerprint density at radius 2 is 0.780 bits per heavy atom. The van der Waals surface area contributed by atoms with E-state index in [0.29, 0.717) is 10.8 Å². The van der Waals surface area contributed by atoms with Crippen LogP contribution in [0.1, 0.15) is 11.1 Å². The molecule has 0 heterocycles. The van der Waals surface area contributed by atoms with Crippen LogP contribution in [0.5, 0.6) is 23.0 Å². The maximum Gasteiger partial charge on any atom is 0.295 e. The number of hydrogen-bond acceptors (Lipinski definition) is 12. The molecule has 0 spiro atoms. The Balaban J connectivity index is 0.000000194. The minimum absolute atomic E-state index is 0.0314. The van der Waals surface area contributed by atoms with Crippen molar-refractivity contribution in [2.45, 2.75) is 23.6 Å². The number of rotatable bonds is 6. The molecule has 0 aromatic heterocycles. The van der Waals surface area contributed by atoms with Gasteiger partial charge in [-0.15, -0.1) is 20.5 Å². The van der Waals surface area contributed by atoms with Crippen molar-refractivity contribution >= 4 is 64.5 Å². The second-order valence-electron chi connectivity index (χ2n) is 10.9. The van der Waals surface area contributed by atoms with E-state index in [1.165, 1.54) is 24.3 Å². The van der Waals surface area contributed by atoms with E-state index in [1.54, 1.807) is 60.7 Å². The van der Waals surface area contributed by atoms with Gasteiger partial charge in [0.15, 0.2) is 0 Å². The summed E-state index contributed by atoms with van der Waals surface area (Å²) in [5.74, 6) is -1.06. The second-order valence-corrected chi connectivity index (χ2v) is 13.7. The van der Waals surface area contributed by atoms with Gasteiger partial charge in [-0.05, 0) is 49.2 Å². The highest BCUT2D eigenvalue weighted by Gasteiger charge is 2.21. The van der Waals surface area contributed by atoms with Gasteiger partial charge in [-0.2, -0.15) is 16.8 Å². The lowest BCUT2D eigenvalue weighted by molar-refractivity contribution is 0.468. The lowest BCUT2D eigenvalue weighted by Crippen LogP contribution is -1.99. The minimum Gasteiger partial charge on any atom is -0.506 e. The van der Waals surface area contributed by atoms with Gasteiger partial charge in [-0.3, -0.25) is 9.11 Å². The second kappa shape index (κ2) is 13.9. The van der Waals surface area contributed by atoms with Crippen LogP contribution in [0, 0.1) is 13.8 Å². The summed E-state index contributed by atoms with van der Waals surface area (Å²) < 4.78 is 64.8. The molecular formula is C34H28N4O10S2. The molecule has 6 N–H and O–H groups in total. The highest BCUT2D eigenvalue weighted by Crippen LogP contribution is 2.42. The van der Waals surface area contributed by atoms with Gasteiger partial charge in [0.05, 0.1) is 0 Å². The molecule has 0 radical (unpaired) electrons. The summed E-state index contributed by atoms with van der Waals surface area (Å²) in [6, 6.07) is 24.0. The third kappa shape index (κ3) is 7.68. The van der Waals surface area contributed by atoms with Crippen LogP contribution >= 0.6 is 0 Å². The molecule has 0 aliphatic carbocycles. The third-order valence-electron chi connectivity index (χ3n) is 7.25. The number of aromatic hydroxyl groups is 4. The maximum atomic E-state index is 11.5. The van der Waals surface area contributed by atoms with E-state index >= 15 is 0 Å². The zero-order chi connectivity index (χ0) is 36.4. The number of phenols is 4. The molecule has 0 fully saturated rings. The molecule has 0 bridgehead atoms. The molecule has 0 saturated carbocycles. The first-order valence-corrected chi connectivity index (χ1v) is 17.3. The number of fused-ring (bicyclic) bond motifs is 2. The first kappa shape index (κ1) is 35.4. The van der Waals surface area contributed by atoms with Gasteiger partial charge in [0.2, 0.25) is 0 Å². The Labute approximate surface area is 285 Å². The normalized spacial score (nSPS) is 12.1. The first-order valence-electron chi connectivity index (χ1n) is 14.4. The Hall–Kier alpha value is -5.94. The fraction of sp³-hybridized carbons (Fsp3) is 0.0588. The molecule has 0 amide bonds. The fourth-order valence-corrected chi connectivity index (χ4v) is 6.33. The van der Waals surface area contributed by atoms with Gasteiger partial charge >= 0.3 is 0 Å². The van der Waals surface area contributed by atoms with Gasteiger partial charge in [0.25, 0.3) is 20.2 Å². The van der Waals surface area contributed by atoms with Crippen LogP contribution < -0.4 is 0 Å². The van der Waals surface area contributed by atoms with E-state index in [9.17, 15) is 46.4 Å². The van der Waals surface area contributed by atoms with E-state index in [1.807, 2.05) is 13.8 Å². The summed E-state index contributed by atoms with van der Waals surface area (Å²) in [7, 11) is -9.04. The van der Waals surface area contributed by atoms with Gasteiger partial charge in [0.1, 0.15) is 55.5 Å². The largest absolute Gasteiger partial charge is 0.506 e. The molecule has 0 aliphatic rings. The first-order chi connectivity index (χ1) is 23.5. The molecule has 6 aromatic carbocycles. The smallest absolute Gasteiger partial charge is 0.295 e. The van der Waals surface area contributed by atoms with E-state index < -0.39 is 41.5 Å². The van der Waals surface area contributed by atoms with E-state index in [-0.39, 0.29) is 45.0 Å². The van der Waals surface area contributed by atoms with Crippen LogP contribution in [0.25, 0.3) is 21.5 Å². The zero-order valence-corrected chi connectivity index (χ0v) is 27.8. The van der Waals surface area contributed by atoms with Crippen LogP contribution in [0.15, 0.2) is 127 Å². The molecule has 6 rings (SSSR count). The standard InChI is InChI=1S/2C17H14N2O5S/c2*1-10-6-7-14(20)13(8-10)18-19-17-12-5-3-2-4-11(12)16(9-15(17)21)25(22,23)24/h2*2-9,20-21H,1H3,(H,22,23,24)/b2*19-18+. The van der Waals surface area contributed by atoms with Crippen LogP contribution in [-0.4, -0.2) is 46.4 Å². The highest BCUT2D eigenvalue weighted by atomic mass is 32.2. The van der Waals surface area contributed by atoms with Gasteiger partial charge < -0.3 is 20.4 Å². The molecule has 0 saturated heterocycles. The number of azo groups is 2. The van der Waals surface area contributed by atoms with E-state index in [2.05, 4.69) is 20.5 Å². The van der Waals surface area contributed by atoms with Crippen molar-refractivity contribution in [1.29, 1.82) is 0 Å². The Bertz CT molecular complexity index is 2390. The van der Waals surface area contributed by atoms with Gasteiger partial charge in [-0.25, -0.2) is 0 Å². The monoisotopic (exact) mass is 716 g/mol. The topological polar surface area (TPSA) is 239 Å². The number of aryl methyl sites for hydroxylation is 2. The SMILES string of the molecule is Cc1ccc(O)c(/N=N/c2c(O)cc(S(=O)(=O)O)c3ccccc23)c1.Cc1ccc(O)c(/N=N/c2c(O)cc(S(=O)(=O)O)c3ccccc23)c1. The Kier molecular flexibility index (Phi) is 9.82. The van der Waals surface area contributed by atoms with E-state index in [0.717, 1.165) is 23.3 Å². The number of hydrogen-bond donors (Lipinski definition) is 6. The summed E-state index contributed by atoms with van der Waals surface area (Å²) in [5, 5.41) is 56.8. The quantitative estimate of drug-likeness (QED) is 0.0710. The van der Waals surface area contributed by atoms with Crippen molar-refractivity contribution < 1.29 is 46.4 Å². The summed E-state index contributed by atoms with van der Waals surface area (Å²) in [6.07, 6.45) is 0. The molecule has 16 heteroatoms. The molecule has 0 atom stereocenters. The van der Waals surface area contributed by atoms with Crippen molar-refractivity contribution in [3.05, 3.63) is 108 Å². The predicted molar refractivity (Wildman–Crippen MR) is 185 cm³/mol. The molecule has 14 nitrogen and oxygen atoms in total. The molecule has 50 heavy (non-hydrogen) atoms. The molecular weight excluding hydrogens is 689 g/mol. The summed E-state index contributed by atoms with van der Waals surface area (Å²) in [5.41, 5.74) is 2.21. The predicted octanol–water partition coefficient (Wildman–Crippen LogP) is 8.44. The Morgan fingerprint density at radius 3 is 1.12 bits per heavy atom. The lowest BCUT2D eigenvalue weighted by atomic mass is 10.1. The maximum absolute atomic E-state index is 11.5. The fourth-order valence-electron chi connectivity index (χ4n) is 4.90. The highest BCUT2D eigenvalue weighted by molar-refractivity contribution is 7.86.